The Morgan fingerprint density at radius 2 is 2.10 bits per heavy atom. The number of hydrogen-bond acceptors (Lipinski definition) is 5. The second kappa shape index (κ2) is 8.37. The molecular formula is C14H21NO5. The van der Waals surface area contributed by atoms with Crippen LogP contribution in [0.5, 0.6) is 5.75 Å². The van der Waals surface area contributed by atoms with Crippen LogP contribution < -0.4 is 10.3 Å². The summed E-state index contributed by atoms with van der Waals surface area (Å²) in [5.41, 5.74) is -0.344. The third-order valence-electron chi connectivity index (χ3n) is 2.83. The number of pyridine rings is 1. The number of ether oxygens (including phenoxy) is 3. The molecule has 0 amide bonds. The molecule has 0 spiro atoms. The Labute approximate surface area is 118 Å². The zero-order valence-corrected chi connectivity index (χ0v) is 12.1. The first-order chi connectivity index (χ1) is 9.65. The smallest absolute Gasteiger partial charge is 0.329 e. The number of hydrogen-bond donors (Lipinski definition) is 0. The molecule has 1 atom stereocenters. The first kappa shape index (κ1) is 16.2. The van der Waals surface area contributed by atoms with E-state index >= 15 is 0 Å². The van der Waals surface area contributed by atoms with Crippen molar-refractivity contribution in [3.8, 4) is 5.75 Å². The van der Waals surface area contributed by atoms with E-state index in [4.69, 9.17) is 14.2 Å². The van der Waals surface area contributed by atoms with Gasteiger partial charge in [0.2, 0.25) is 0 Å². The third kappa shape index (κ3) is 4.09. The number of esters is 1. The molecule has 0 radical (unpaired) electrons. The van der Waals surface area contributed by atoms with Crippen LogP contribution in [0.1, 0.15) is 26.3 Å². The summed E-state index contributed by atoms with van der Waals surface area (Å²) < 4.78 is 16.5. The fourth-order valence-electron chi connectivity index (χ4n) is 1.81. The zero-order valence-electron chi connectivity index (χ0n) is 12.1. The molecule has 0 aliphatic heterocycles. The first-order valence-electron chi connectivity index (χ1n) is 6.65. The average molecular weight is 283 g/mol. The van der Waals surface area contributed by atoms with Gasteiger partial charge < -0.3 is 14.2 Å². The number of carbonyl (C=O) groups is 1. The van der Waals surface area contributed by atoms with Crippen LogP contribution in [0, 0.1) is 0 Å². The van der Waals surface area contributed by atoms with Crippen LogP contribution in [-0.2, 0) is 14.3 Å². The van der Waals surface area contributed by atoms with Crippen molar-refractivity contribution < 1.29 is 19.0 Å². The molecule has 1 heterocycles. The van der Waals surface area contributed by atoms with Crippen molar-refractivity contribution >= 4 is 5.97 Å². The largest absolute Gasteiger partial charge is 0.491 e. The molecule has 0 saturated heterocycles. The van der Waals surface area contributed by atoms with Gasteiger partial charge in [-0.3, -0.25) is 9.36 Å². The van der Waals surface area contributed by atoms with Crippen molar-refractivity contribution in [1.29, 1.82) is 0 Å². The highest BCUT2D eigenvalue weighted by atomic mass is 16.6. The van der Waals surface area contributed by atoms with Gasteiger partial charge in [0.15, 0.2) is 5.75 Å². The second-order valence-corrected chi connectivity index (χ2v) is 4.08. The highest BCUT2D eigenvalue weighted by molar-refractivity contribution is 5.74. The van der Waals surface area contributed by atoms with Gasteiger partial charge in [0, 0.05) is 12.8 Å². The molecule has 1 rings (SSSR count). The quantitative estimate of drug-likeness (QED) is 0.533. The number of rotatable bonds is 8. The summed E-state index contributed by atoms with van der Waals surface area (Å²) in [5, 5.41) is 0. The van der Waals surface area contributed by atoms with Crippen LogP contribution in [-0.4, -0.2) is 37.5 Å². The second-order valence-electron chi connectivity index (χ2n) is 4.08. The molecule has 1 unspecified atom stereocenters. The van der Waals surface area contributed by atoms with Crippen molar-refractivity contribution in [3.63, 3.8) is 0 Å². The van der Waals surface area contributed by atoms with E-state index in [0.717, 1.165) is 0 Å². The van der Waals surface area contributed by atoms with Crippen molar-refractivity contribution in [2.45, 2.75) is 26.3 Å². The number of aromatic nitrogens is 1. The summed E-state index contributed by atoms with van der Waals surface area (Å²) in [4.78, 5) is 24.1. The normalized spacial score (nSPS) is 11.9. The van der Waals surface area contributed by atoms with E-state index in [-0.39, 0.29) is 17.9 Å². The third-order valence-corrected chi connectivity index (χ3v) is 2.83. The lowest BCUT2D eigenvalue weighted by Crippen LogP contribution is -2.31. The van der Waals surface area contributed by atoms with Crippen LogP contribution in [0.3, 0.4) is 0 Å². The van der Waals surface area contributed by atoms with Gasteiger partial charge in [0.1, 0.15) is 12.6 Å². The predicted octanol–water partition coefficient (Wildman–Crippen LogP) is 1.39. The summed E-state index contributed by atoms with van der Waals surface area (Å²) in [7, 11) is 1.42. The fourth-order valence-corrected chi connectivity index (χ4v) is 1.81. The van der Waals surface area contributed by atoms with E-state index in [1.165, 1.54) is 11.7 Å². The van der Waals surface area contributed by atoms with E-state index < -0.39 is 12.0 Å². The Bertz CT molecular complexity index is 483. The summed E-state index contributed by atoms with van der Waals surface area (Å²) in [5.74, 6) is -0.240. The van der Waals surface area contributed by atoms with Gasteiger partial charge in [-0.15, -0.1) is 0 Å². The van der Waals surface area contributed by atoms with Crippen molar-refractivity contribution in [3.05, 3.63) is 28.7 Å². The SMILES string of the molecule is CCOCCOC(=O)C(CC)n1cccc(OC)c1=O. The fraction of sp³-hybridized carbons (Fsp3) is 0.571. The summed E-state index contributed by atoms with van der Waals surface area (Å²) in [6, 6.07) is 2.57. The molecule has 0 saturated carbocycles. The van der Waals surface area contributed by atoms with E-state index in [1.54, 1.807) is 18.3 Å². The minimum absolute atomic E-state index is 0.182. The van der Waals surface area contributed by atoms with Gasteiger partial charge in [-0.05, 0) is 25.5 Å². The molecule has 6 nitrogen and oxygen atoms in total. The molecule has 20 heavy (non-hydrogen) atoms. The molecule has 6 heteroatoms. The monoisotopic (exact) mass is 283 g/mol. The van der Waals surface area contributed by atoms with Gasteiger partial charge in [-0.25, -0.2) is 4.79 Å². The Morgan fingerprint density at radius 1 is 1.35 bits per heavy atom. The minimum Gasteiger partial charge on any atom is -0.491 e. The lowest BCUT2D eigenvalue weighted by atomic mass is 10.2. The van der Waals surface area contributed by atoms with E-state index in [2.05, 4.69) is 0 Å². The van der Waals surface area contributed by atoms with Gasteiger partial charge in [0.25, 0.3) is 5.56 Å². The number of methoxy groups -OCH3 is 1. The molecule has 1 aromatic rings. The maximum Gasteiger partial charge on any atom is 0.329 e. The Morgan fingerprint density at radius 3 is 2.70 bits per heavy atom. The first-order valence-corrected chi connectivity index (χ1v) is 6.65. The number of nitrogens with zero attached hydrogens (tertiary/aromatic N) is 1. The van der Waals surface area contributed by atoms with Crippen LogP contribution in [0.15, 0.2) is 23.1 Å². The van der Waals surface area contributed by atoms with Gasteiger partial charge >= 0.3 is 5.97 Å². The maximum absolute atomic E-state index is 12.1. The molecular weight excluding hydrogens is 262 g/mol. The lowest BCUT2D eigenvalue weighted by Gasteiger charge is -2.17. The number of carbonyl (C=O) groups excluding carboxylic acids is 1. The topological polar surface area (TPSA) is 66.8 Å². The summed E-state index contributed by atoms with van der Waals surface area (Å²) in [6.07, 6.45) is 2.02. The summed E-state index contributed by atoms with van der Waals surface area (Å²) in [6.45, 7) is 4.80. The highest BCUT2D eigenvalue weighted by Gasteiger charge is 2.22. The van der Waals surface area contributed by atoms with Crippen molar-refractivity contribution in [2.24, 2.45) is 0 Å². The molecule has 0 bridgehead atoms. The van der Waals surface area contributed by atoms with Crippen LogP contribution in [0.2, 0.25) is 0 Å². The molecule has 0 N–H and O–H groups in total. The molecule has 0 aliphatic carbocycles. The van der Waals surface area contributed by atoms with Crippen molar-refractivity contribution in [2.75, 3.05) is 26.9 Å². The summed E-state index contributed by atoms with van der Waals surface area (Å²) >= 11 is 0. The van der Waals surface area contributed by atoms with Crippen LogP contribution in [0.4, 0.5) is 0 Å². The molecule has 0 fully saturated rings. The molecule has 1 aromatic heterocycles. The van der Waals surface area contributed by atoms with Crippen LogP contribution in [0.25, 0.3) is 0 Å². The zero-order chi connectivity index (χ0) is 15.0. The van der Waals surface area contributed by atoms with Gasteiger partial charge in [0.05, 0.1) is 13.7 Å². The lowest BCUT2D eigenvalue weighted by molar-refractivity contribution is -0.149. The minimum atomic E-state index is -0.653. The molecule has 0 aromatic carbocycles. The Balaban J connectivity index is 2.80. The van der Waals surface area contributed by atoms with E-state index in [0.29, 0.717) is 19.6 Å². The predicted molar refractivity (Wildman–Crippen MR) is 74.0 cm³/mol. The standard InChI is InChI=1S/C14H21NO5/c1-4-11(14(17)20-10-9-19-5-2)15-8-6-7-12(18-3)13(15)16/h6-8,11H,4-5,9-10H2,1-3H3. The highest BCUT2D eigenvalue weighted by Crippen LogP contribution is 2.13. The Hall–Kier alpha value is -1.82. The van der Waals surface area contributed by atoms with Gasteiger partial charge in [-0.1, -0.05) is 6.92 Å². The van der Waals surface area contributed by atoms with Crippen LogP contribution >= 0.6 is 0 Å². The van der Waals surface area contributed by atoms with Crippen molar-refractivity contribution in [1.82, 2.24) is 4.57 Å². The van der Waals surface area contributed by atoms with Gasteiger partial charge in [-0.2, -0.15) is 0 Å². The van der Waals surface area contributed by atoms with E-state index in [1.807, 2.05) is 13.8 Å². The Kier molecular flexibility index (Phi) is 6.79. The molecule has 0 aliphatic rings. The average Bonchev–Trinajstić information content (AvgIpc) is 2.46. The maximum atomic E-state index is 12.1. The van der Waals surface area contributed by atoms with E-state index in [9.17, 15) is 9.59 Å². The molecule has 112 valence electrons.